The van der Waals surface area contributed by atoms with Crippen molar-refractivity contribution >= 4 is 28.5 Å². The molecule has 0 aromatic heterocycles. The highest BCUT2D eigenvalue weighted by Crippen LogP contribution is 1.79. The molecule has 0 aromatic rings. The van der Waals surface area contributed by atoms with Crippen LogP contribution in [0.25, 0.3) is 0 Å². The average molecular weight is 227 g/mol. The molecule has 0 aromatic carbocycles. The van der Waals surface area contributed by atoms with Crippen LogP contribution in [0, 0.1) is 0 Å². The SMILES string of the molecule is CCCNC(=O)CI. The second-order valence-electron chi connectivity index (χ2n) is 1.48. The quantitative estimate of drug-likeness (QED) is 0.564. The fourth-order valence-electron chi connectivity index (χ4n) is 0.312. The van der Waals surface area contributed by atoms with Gasteiger partial charge in [-0.1, -0.05) is 29.5 Å². The van der Waals surface area contributed by atoms with Crippen LogP contribution in [0.5, 0.6) is 0 Å². The Kier molecular flexibility index (Phi) is 5.47. The van der Waals surface area contributed by atoms with Crippen LogP contribution in [0.3, 0.4) is 0 Å². The van der Waals surface area contributed by atoms with Crippen molar-refractivity contribution in [2.24, 2.45) is 0 Å². The van der Waals surface area contributed by atoms with Gasteiger partial charge in [0.1, 0.15) is 0 Å². The number of amides is 1. The standard InChI is InChI=1S/C5H10INO/c1-2-3-7-5(8)4-6/h2-4H2,1H3,(H,7,8). The van der Waals surface area contributed by atoms with E-state index in [0.717, 1.165) is 13.0 Å². The highest BCUT2D eigenvalue weighted by atomic mass is 127. The maximum absolute atomic E-state index is 10.5. The molecule has 0 spiro atoms. The molecule has 3 heteroatoms. The molecule has 2 nitrogen and oxygen atoms in total. The fraction of sp³-hybridized carbons (Fsp3) is 0.800. The summed E-state index contributed by atoms with van der Waals surface area (Å²) in [7, 11) is 0. The predicted molar refractivity (Wildman–Crippen MR) is 42.2 cm³/mol. The molecule has 0 unspecified atom stereocenters. The van der Waals surface area contributed by atoms with E-state index in [0.29, 0.717) is 4.43 Å². The molecule has 0 rings (SSSR count). The lowest BCUT2D eigenvalue weighted by atomic mass is 10.5. The topological polar surface area (TPSA) is 29.1 Å². The smallest absolute Gasteiger partial charge is 0.229 e. The normalized spacial score (nSPS) is 8.75. The molecule has 0 fully saturated rings. The van der Waals surface area contributed by atoms with Crippen LogP contribution in [-0.2, 0) is 4.79 Å². The van der Waals surface area contributed by atoms with Gasteiger partial charge in [0.2, 0.25) is 5.91 Å². The van der Waals surface area contributed by atoms with Gasteiger partial charge in [-0.2, -0.15) is 0 Å². The summed E-state index contributed by atoms with van der Waals surface area (Å²) in [6.45, 7) is 2.84. The van der Waals surface area contributed by atoms with Gasteiger partial charge in [0, 0.05) is 6.54 Å². The molecule has 0 aliphatic rings. The summed E-state index contributed by atoms with van der Waals surface area (Å²) in [4.78, 5) is 10.5. The van der Waals surface area contributed by atoms with Crippen molar-refractivity contribution in [2.75, 3.05) is 11.0 Å². The second kappa shape index (κ2) is 5.34. The van der Waals surface area contributed by atoms with Crippen LogP contribution in [0.4, 0.5) is 0 Å². The molecule has 1 N–H and O–H groups in total. The van der Waals surface area contributed by atoms with Crippen molar-refractivity contribution in [1.29, 1.82) is 0 Å². The number of nitrogens with one attached hydrogen (secondary N) is 1. The van der Waals surface area contributed by atoms with Crippen molar-refractivity contribution < 1.29 is 4.79 Å². The first-order chi connectivity index (χ1) is 3.81. The lowest BCUT2D eigenvalue weighted by Crippen LogP contribution is -2.24. The van der Waals surface area contributed by atoms with Crippen LogP contribution in [-0.4, -0.2) is 16.9 Å². The Hall–Kier alpha value is 0.200. The van der Waals surface area contributed by atoms with Crippen LogP contribution in [0.1, 0.15) is 13.3 Å². The summed E-state index contributed by atoms with van der Waals surface area (Å²) < 4.78 is 0.567. The number of rotatable bonds is 3. The highest BCUT2D eigenvalue weighted by Gasteiger charge is 1.91. The van der Waals surface area contributed by atoms with Gasteiger partial charge >= 0.3 is 0 Å². The Balaban J connectivity index is 2.99. The van der Waals surface area contributed by atoms with Gasteiger partial charge < -0.3 is 5.32 Å². The molecule has 0 atom stereocenters. The number of halogens is 1. The molecule has 0 saturated heterocycles. The first-order valence-corrected chi connectivity index (χ1v) is 4.16. The Bertz CT molecular complexity index is 74.8. The van der Waals surface area contributed by atoms with E-state index >= 15 is 0 Å². The van der Waals surface area contributed by atoms with Gasteiger partial charge in [0.15, 0.2) is 0 Å². The summed E-state index contributed by atoms with van der Waals surface area (Å²) in [5.41, 5.74) is 0. The lowest BCUT2D eigenvalue weighted by Gasteiger charge is -1.96. The van der Waals surface area contributed by atoms with Crippen LogP contribution in [0.2, 0.25) is 0 Å². The Morgan fingerprint density at radius 2 is 2.38 bits per heavy atom. The molecular weight excluding hydrogens is 217 g/mol. The van der Waals surface area contributed by atoms with E-state index in [4.69, 9.17) is 0 Å². The Labute approximate surface area is 63.2 Å². The Morgan fingerprint density at radius 3 is 2.75 bits per heavy atom. The third-order valence-corrected chi connectivity index (χ3v) is 1.39. The molecule has 0 saturated carbocycles. The Morgan fingerprint density at radius 1 is 1.75 bits per heavy atom. The number of carbonyl (C=O) groups is 1. The first-order valence-electron chi connectivity index (χ1n) is 2.64. The third-order valence-electron chi connectivity index (χ3n) is 0.694. The molecule has 48 valence electrons. The summed E-state index contributed by atoms with van der Waals surface area (Å²) in [5.74, 6) is 0.132. The van der Waals surface area contributed by atoms with E-state index in [1.54, 1.807) is 0 Å². The van der Waals surface area contributed by atoms with E-state index in [9.17, 15) is 4.79 Å². The second-order valence-corrected chi connectivity index (χ2v) is 2.25. The van der Waals surface area contributed by atoms with Crippen LogP contribution < -0.4 is 5.32 Å². The van der Waals surface area contributed by atoms with Gasteiger partial charge in [-0.3, -0.25) is 4.79 Å². The van der Waals surface area contributed by atoms with Gasteiger partial charge in [0.05, 0.1) is 4.43 Å². The van der Waals surface area contributed by atoms with Crippen molar-refractivity contribution in [1.82, 2.24) is 5.32 Å². The summed E-state index contributed by atoms with van der Waals surface area (Å²) in [6.07, 6.45) is 1.02. The monoisotopic (exact) mass is 227 g/mol. The van der Waals surface area contributed by atoms with Crippen molar-refractivity contribution in [3.63, 3.8) is 0 Å². The van der Waals surface area contributed by atoms with E-state index in [1.807, 2.05) is 29.5 Å². The largest absolute Gasteiger partial charge is 0.355 e. The number of carbonyl (C=O) groups excluding carboxylic acids is 1. The third kappa shape index (κ3) is 4.36. The van der Waals surface area contributed by atoms with Crippen LogP contribution in [0.15, 0.2) is 0 Å². The fourth-order valence-corrected chi connectivity index (χ4v) is 0.581. The minimum absolute atomic E-state index is 0.132. The molecule has 0 aliphatic heterocycles. The van der Waals surface area contributed by atoms with Gasteiger partial charge in [-0.05, 0) is 6.42 Å². The van der Waals surface area contributed by atoms with Crippen molar-refractivity contribution in [3.05, 3.63) is 0 Å². The molecular formula is C5H10INO. The van der Waals surface area contributed by atoms with E-state index < -0.39 is 0 Å². The molecule has 8 heavy (non-hydrogen) atoms. The number of hydrogen-bond acceptors (Lipinski definition) is 1. The van der Waals surface area contributed by atoms with Crippen LogP contribution >= 0.6 is 22.6 Å². The van der Waals surface area contributed by atoms with Crippen molar-refractivity contribution in [2.45, 2.75) is 13.3 Å². The minimum Gasteiger partial charge on any atom is -0.355 e. The molecule has 0 heterocycles. The number of hydrogen-bond donors (Lipinski definition) is 1. The first kappa shape index (κ1) is 8.20. The lowest BCUT2D eigenvalue weighted by molar-refractivity contribution is -0.118. The van der Waals surface area contributed by atoms with E-state index in [-0.39, 0.29) is 5.91 Å². The highest BCUT2D eigenvalue weighted by molar-refractivity contribution is 14.1. The summed E-state index contributed by atoms with van der Waals surface area (Å²) in [6, 6.07) is 0. The molecule has 0 bridgehead atoms. The predicted octanol–water partition coefficient (Wildman–Crippen LogP) is 0.948. The van der Waals surface area contributed by atoms with Gasteiger partial charge in [0.25, 0.3) is 0 Å². The minimum atomic E-state index is 0.132. The average Bonchev–Trinajstić information content (AvgIpc) is 1.83. The zero-order chi connectivity index (χ0) is 6.41. The van der Waals surface area contributed by atoms with E-state index in [2.05, 4.69) is 5.32 Å². The maximum atomic E-state index is 10.5. The molecule has 0 radical (unpaired) electrons. The maximum Gasteiger partial charge on any atom is 0.229 e. The molecule has 0 aliphatic carbocycles. The van der Waals surface area contributed by atoms with E-state index in [1.165, 1.54) is 0 Å². The zero-order valence-electron chi connectivity index (χ0n) is 4.91. The van der Waals surface area contributed by atoms with Gasteiger partial charge in [-0.25, -0.2) is 0 Å². The molecule has 1 amide bonds. The van der Waals surface area contributed by atoms with Crippen molar-refractivity contribution in [3.8, 4) is 0 Å². The number of alkyl halides is 1. The summed E-state index contributed by atoms with van der Waals surface area (Å²) in [5, 5.41) is 2.74. The van der Waals surface area contributed by atoms with Gasteiger partial charge in [-0.15, -0.1) is 0 Å². The zero-order valence-corrected chi connectivity index (χ0v) is 7.07. The summed E-state index contributed by atoms with van der Waals surface area (Å²) >= 11 is 2.04.